The molecule has 6 aliphatic rings. The lowest BCUT2D eigenvalue weighted by atomic mass is 9.49. The lowest BCUT2D eigenvalue weighted by molar-refractivity contribution is -0.134. The summed E-state index contributed by atoms with van der Waals surface area (Å²) in [7, 11) is 1.76. The molecule has 1 atom stereocenters. The third-order valence-corrected chi connectivity index (χ3v) is 16.6. The van der Waals surface area contributed by atoms with Crippen molar-refractivity contribution in [1.29, 1.82) is 0 Å². The number of para-hydroxylation sites is 1. The maximum atomic E-state index is 14.5. The average Bonchev–Trinajstić information content (AvgIpc) is 4.02. The topological polar surface area (TPSA) is 198 Å². The second kappa shape index (κ2) is 17.3. The minimum absolute atomic E-state index is 0.174. The molecule has 5 fully saturated rings. The van der Waals surface area contributed by atoms with Crippen LogP contribution in [0.4, 0.5) is 16.6 Å². The van der Waals surface area contributed by atoms with E-state index < -0.39 is 17.7 Å². The normalized spacial score (nSPS) is 22.6. The van der Waals surface area contributed by atoms with Gasteiger partial charge in [-0.25, -0.2) is 9.97 Å². The van der Waals surface area contributed by atoms with E-state index in [1.165, 1.54) is 49.9 Å². The second-order valence-corrected chi connectivity index (χ2v) is 21.3. The number of nitrogens with zero attached hydrogens (tertiary/aromatic N) is 7. The van der Waals surface area contributed by atoms with Crippen molar-refractivity contribution < 1.29 is 24.0 Å². The number of fused-ring (bicyclic) bond motifs is 3. The number of piperidine rings is 1. The zero-order chi connectivity index (χ0) is 47.8. The summed E-state index contributed by atoms with van der Waals surface area (Å²) in [5.41, 5.74) is 7.96. The molecule has 4 bridgehead atoms. The molecule has 17 heteroatoms. The summed E-state index contributed by atoms with van der Waals surface area (Å²) in [4.78, 5) is 78.3. The Labute approximate surface area is 407 Å². The van der Waals surface area contributed by atoms with E-state index in [0.29, 0.717) is 64.9 Å². The molecule has 6 heterocycles. The van der Waals surface area contributed by atoms with Crippen LogP contribution in [0.2, 0.25) is 0 Å². The molecule has 2 aliphatic heterocycles. The number of aromatic nitrogens is 6. The van der Waals surface area contributed by atoms with E-state index in [1.54, 1.807) is 29.9 Å². The molecule has 70 heavy (non-hydrogen) atoms. The molecule has 1 saturated heterocycles. The van der Waals surface area contributed by atoms with Gasteiger partial charge in [0.1, 0.15) is 11.5 Å². The summed E-state index contributed by atoms with van der Waals surface area (Å²) in [5, 5.41) is 22.1. The Bertz CT molecular complexity index is 3250. The van der Waals surface area contributed by atoms with Crippen LogP contribution in [0.1, 0.15) is 101 Å². The van der Waals surface area contributed by atoms with Crippen LogP contribution in [0.15, 0.2) is 79.0 Å². The number of hydrogen-bond donors (Lipinski definition) is 4. The van der Waals surface area contributed by atoms with Crippen LogP contribution in [0.5, 0.6) is 0 Å². The zero-order valence-electron chi connectivity index (χ0n) is 39.1. The average molecular weight is 956 g/mol. The predicted molar refractivity (Wildman–Crippen MR) is 266 cm³/mol. The van der Waals surface area contributed by atoms with E-state index in [2.05, 4.69) is 53.9 Å². The number of benzene rings is 3. The van der Waals surface area contributed by atoms with Crippen molar-refractivity contribution in [3.05, 3.63) is 113 Å². The minimum Gasteiger partial charge on any atom is -0.352 e. The number of amides is 5. The van der Waals surface area contributed by atoms with Gasteiger partial charge >= 0.3 is 0 Å². The number of carbonyl (C=O) groups excluding carboxylic acids is 5. The maximum Gasteiger partial charge on any atom is 0.271 e. The van der Waals surface area contributed by atoms with Gasteiger partial charge in [-0.05, 0) is 141 Å². The number of nitrogens with one attached hydrogen (secondary N) is 4. The van der Waals surface area contributed by atoms with E-state index in [-0.39, 0.29) is 41.8 Å². The molecular formula is C53H53N11O5S. The van der Waals surface area contributed by atoms with Crippen LogP contribution in [0.3, 0.4) is 0 Å². The van der Waals surface area contributed by atoms with Crippen molar-refractivity contribution >= 4 is 78.6 Å². The first-order valence-corrected chi connectivity index (χ1v) is 25.2. The Morgan fingerprint density at radius 1 is 0.871 bits per heavy atom. The fourth-order valence-electron chi connectivity index (χ4n) is 12.8. The van der Waals surface area contributed by atoms with Crippen LogP contribution < -0.4 is 26.2 Å². The first-order chi connectivity index (χ1) is 33.9. The Morgan fingerprint density at radius 3 is 2.46 bits per heavy atom. The molecule has 0 radical (unpaired) electrons. The highest BCUT2D eigenvalue weighted by molar-refractivity contribution is 7.22. The lowest BCUT2D eigenvalue weighted by Gasteiger charge is -2.56. The van der Waals surface area contributed by atoms with E-state index >= 15 is 0 Å². The number of hydrogen-bond acceptors (Lipinski definition) is 11. The van der Waals surface area contributed by atoms with Gasteiger partial charge in [0.25, 0.3) is 11.8 Å². The molecule has 4 saturated carbocycles. The molecule has 4 N–H and O–H groups in total. The number of thiazole rings is 1. The Morgan fingerprint density at radius 2 is 1.67 bits per heavy atom. The number of carbonyl (C=O) groups is 5. The second-order valence-electron chi connectivity index (χ2n) is 20.3. The largest absolute Gasteiger partial charge is 0.352 e. The quantitative estimate of drug-likeness (QED) is 0.0934. The molecule has 5 amide bonds. The van der Waals surface area contributed by atoms with Gasteiger partial charge < -0.3 is 15.5 Å². The Balaban J connectivity index is 0.806. The van der Waals surface area contributed by atoms with Crippen molar-refractivity contribution in [2.24, 2.45) is 30.2 Å². The van der Waals surface area contributed by atoms with Gasteiger partial charge in [-0.3, -0.25) is 44.0 Å². The third-order valence-electron chi connectivity index (χ3n) is 15.6. The smallest absolute Gasteiger partial charge is 0.271 e. The molecular weight excluding hydrogens is 903 g/mol. The standard InChI is InChI=1S/C53H53N11O5S/c1-29-39(25-55-64(29)28-53-22-30-18-31(23-53)20-32(19-30)24-53)35-12-14-44(63-17-16-33-6-5-7-36(40(33)27-63)49(67)60-52-57-41-8-3-4-9-43(41)70-52)58-48(35)51(69)54-26-46(66)56-34-10-11-37-42(21-34)62(2)61-47(37)38-13-15-45(65)59-50(38)68/h3-12,14,21,25,30-32,38H,13,15-20,22-24,26-28H2,1-2H3,(H,54,69)(H,56,66)(H,57,60,67)(H,59,65,68). The highest BCUT2D eigenvalue weighted by atomic mass is 32.1. The van der Waals surface area contributed by atoms with Crippen molar-refractivity contribution in [3.8, 4) is 11.1 Å². The molecule has 0 spiro atoms. The summed E-state index contributed by atoms with van der Waals surface area (Å²) < 4.78 is 4.78. The highest BCUT2D eigenvalue weighted by Crippen LogP contribution is 2.60. The van der Waals surface area contributed by atoms with Gasteiger partial charge in [0.05, 0.1) is 40.1 Å². The highest BCUT2D eigenvalue weighted by Gasteiger charge is 2.51. The first kappa shape index (κ1) is 44.0. The number of pyridine rings is 1. The van der Waals surface area contributed by atoms with Gasteiger partial charge in [0, 0.05) is 66.6 Å². The summed E-state index contributed by atoms with van der Waals surface area (Å²) in [6, 6.07) is 22.8. The minimum atomic E-state index is -0.556. The van der Waals surface area contributed by atoms with Crippen LogP contribution in [0, 0.1) is 30.1 Å². The fourth-order valence-corrected chi connectivity index (χ4v) is 13.7. The maximum absolute atomic E-state index is 14.5. The number of aryl methyl sites for hydroxylation is 1. The van der Waals surface area contributed by atoms with E-state index in [1.807, 2.05) is 54.7 Å². The van der Waals surface area contributed by atoms with Gasteiger partial charge in [-0.15, -0.1) is 0 Å². The number of rotatable bonds is 11. The molecule has 13 rings (SSSR count). The van der Waals surface area contributed by atoms with Crippen molar-refractivity contribution in [2.75, 3.05) is 28.6 Å². The Kier molecular flexibility index (Phi) is 10.9. The van der Waals surface area contributed by atoms with Crippen LogP contribution in [-0.4, -0.2) is 72.2 Å². The van der Waals surface area contributed by atoms with Crippen LogP contribution >= 0.6 is 11.3 Å². The molecule has 4 aromatic heterocycles. The van der Waals surface area contributed by atoms with Gasteiger partial charge in [0.2, 0.25) is 17.7 Å². The molecule has 1 unspecified atom stereocenters. The summed E-state index contributed by atoms with van der Waals surface area (Å²) in [6.45, 7) is 3.61. The molecule has 16 nitrogen and oxygen atoms in total. The molecule has 3 aromatic carbocycles. The lowest BCUT2D eigenvalue weighted by Crippen LogP contribution is -2.48. The third kappa shape index (κ3) is 8.08. The summed E-state index contributed by atoms with van der Waals surface area (Å²) in [6.07, 6.45) is 11.0. The van der Waals surface area contributed by atoms with E-state index in [0.717, 1.165) is 62.3 Å². The molecule has 356 valence electrons. The van der Waals surface area contributed by atoms with E-state index in [9.17, 15) is 24.0 Å². The predicted octanol–water partition coefficient (Wildman–Crippen LogP) is 7.67. The number of anilines is 3. The monoisotopic (exact) mass is 955 g/mol. The zero-order valence-corrected chi connectivity index (χ0v) is 39.9. The Hall–Kier alpha value is -7.27. The number of imide groups is 1. The van der Waals surface area contributed by atoms with Crippen LogP contribution in [-0.2, 0) is 40.9 Å². The van der Waals surface area contributed by atoms with Gasteiger partial charge in [-0.2, -0.15) is 10.2 Å². The van der Waals surface area contributed by atoms with Gasteiger partial charge in [0.15, 0.2) is 5.13 Å². The van der Waals surface area contributed by atoms with Crippen LogP contribution in [0.25, 0.3) is 32.2 Å². The fraction of sp³-hybridized carbons (Fsp3) is 0.377. The van der Waals surface area contributed by atoms with Crippen molar-refractivity contribution in [3.63, 3.8) is 0 Å². The van der Waals surface area contributed by atoms with Gasteiger partial charge in [-0.1, -0.05) is 35.6 Å². The summed E-state index contributed by atoms with van der Waals surface area (Å²) >= 11 is 1.43. The molecule has 7 aromatic rings. The van der Waals surface area contributed by atoms with Crippen molar-refractivity contribution in [2.45, 2.75) is 83.7 Å². The molecule has 4 aliphatic carbocycles. The van der Waals surface area contributed by atoms with Crippen molar-refractivity contribution in [1.82, 2.24) is 40.2 Å². The SMILES string of the molecule is Cc1c(-c2ccc(N3CCc4cccc(C(=O)Nc5nc6ccccc6s5)c4C3)nc2C(=O)NCC(=O)Nc2ccc3c(C4CCC(=O)NC4=O)nn(C)c3c2)cnn1CC12CC3CC(CC(C3)C1)C2. The van der Waals surface area contributed by atoms with E-state index in [4.69, 9.17) is 10.1 Å². The summed E-state index contributed by atoms with van der Waals surface area (Å²) in [5.74, 6) is 0.603. The first-order valence-electron chi connectivity index (χ1n) is 24.4.